The van der Waals surface area contributed by atoms with Gasteiger partial charge in [0.25, 0.3) is 0 Å². The number of aryl methyl sites for hydroxylation is 1. The molecule has 0 bridgehead atoms. The van der Waals surface area contributed by atoms with E-state index in [0.29, 0.717) is 12.4 Å². The Morgan fingerprint density at radius 1 is 1.50 bits per heavy atom. The Hall–Kier alpha value is -1.11. The summed E-state index contributed by atoms with van der Waals surface area (Å²) in [6.07, 6.45) is 1.70. The van der Waals surface area contributed by atoms with E-state index in [1.165, 1.54) is 0 Å². The molecular weight excluding hydrogens is 232 g/mol. The van der Waals surface area contributed by atoms with E-state index in [-0.39, 0.29) is 6.04 Å². The second-order valence-electron chi connectivity index (χ2n) is 4.55. The van der Waals surface area contributed by atoms with Crippen molar-refractivity contribution in [2.45, 2.75) is 45.9 Å². The van der Waals surface area contributed by atoms with Gasteiger partial charge < -0.3 is 9.47 Å². The van der Waals surface area contributed by atoms with Gasteiger partial charge in [-0.15, -0.1) is 0 Å². The molecule has 104 valence electrons. The summed E-state index contributed by atoms with van der Waals surface area (Å²) in [7, 11) is 1.63. The predicted octanol–water partition coefficient (Wildman–Crippen LogP) is 1.23. The largest absolute Gasteiger partial charge is 0.493 e. The maximum absolute atomic E-state index is 5.77. The van der Waals surface area contributed by atoms with Gasteiger partial charge in [0.2, 0.25) is 0 Å². The summed E-state index contributed by atoms with van der Waals surface area (Å²) >= 11 is 0. The van der Waals surface area contributed by atoms with E-state index in [1.54, 1.807) is 13.3 Å². The molecule has 1 heterocycles. The van der Waals surface area contributed by atoms with Crippen LogP contribution < -0.4 is 16.0 Å². The molecule has 6 nitrogen and oxygen atoms in total. The third kappa shape index (κ3) is 2.82. The van der Waals surface area contributed by atoms with Crippen molar-refractivity contribution >= 4 is 0 Å². The Labute approximate surface area is 108 Å². The average Bonchev–Trinajstić information content (AvgIpc) is 2.72. The van der Waals surface area contributed by atoms with E-state index in [9.17, 15) is 0 Å². The number of nitrogens with two attached hydrogens (primary N) is 1. The molecule has 0 fully saturated rings. The summed E-state index contributed by atoms with van der Waals surface area (Å²) in [5, 5.41) is 4.29. The number of ether oxygens (including phenoxy) is 2. The number of nitrogens with zero attached hydrogens (tertiary/aromatic N) is 2. The minimum atomic E-state index is -0.455. The number of aromatic nitrogens is 2. The highest BCUT2D eigenvalue weighted by molar-refractivity contribution is 5.30. The summed E-state index contributed by atoms with van der Waals surface area (Å²) in [5.74, 6) is 6.42. The summed E-state index contributed by atoms with van der Waals surface area (Å²) in [4.78, 5) is 0. The normalized spacial score (nSPS) is 13.7. The zero-order chi connectivity index (χ0) is 13.8. The van der Waals surface area contributed by atoms with Crippen LogP contribution in [0.1, 0.15) is 39.4 Å². The molecule has 0 spiro atoms. The highest BCUT2D eigenvalue weighted by Gasteiger charge is 2.35. The van der Waals surface area contributed by atoms with Crippen LogP contribution in [-0.2, 0) is 11.3 Å². The fraction of sp³-hybridized carbons (Fsp3) is 0.750. The van der Waals surface area contributed by atoms with Crippen LogP contribution in [0.5, 0.6) is 5.75 Å². The van der Waals surface area contributed by atoms with Gasteiger partial charge in [0.1, 0.15) is 5.69 Å². The monoisotopic (exact) mass is 256 g/mol. The number of hydrogen-bond donors (Lipinski definition) is 2. The summed E-state index contributed by atoms with van der Waals surface area (Å²) in [6.45, 7) is 9.34. The standard InChI is InChI=1S/C12H24N4O2/c1-6-16-10(9(17-5)8-14-16)11(15-13)12(3,4)18-7-2/h8,11,15H,6-7,13H2,1-5H3. The molecule has 1 atom stereocenters. The molecule has 0 aromatic carbocycles. The lowest BCUT2D eigenvalue weighted by atomic mass is 9.95. The minimum absolute atomic E-state index is 0.199. The van der Waals surface area contributed by atoms with E-state index in [4.69, 9.17) is 15.3 Å². The van der Waals surface area contributed by atoms with Gasteiger partial charge in [0.05, 0.1) is 24.9 Å². The number of nitrogens with one attached hydrogen (secondary N) is 1. The van der Waals surface area contributed by atoms with Crippen LogP contribution in [0.15, 0.2) is 6.20 Å². The maximum atomic E-state index is 5.77. The highest BCUT2D eigenvalue weighted by atomic mass is 16.5. The molecule has 1 aromatic rings. The molecule has 6 heteroatoms. The smallest absolute Gasteiger partial charge is 0.161 e. The lowest BCUT2D eigenvalue weighted by Crippen LogP contribution is -2.45. The van der Waals surface area contributed by atoms with Gasteiger partial charge in [-0.3, -0.25) is 10.5 Å². The molecular formula is C12H24N4O2. The van der Waals surface area contributed by atoms with Gasteiger partial charge >= 0.3 is 0 Å². The lowest BCUT2D eigenvalue weighted by molar-refractivity contribution is -0.0417. The lowest BCUT2D eigenvalue weighted by Gasteiger charge is -2.34. The van der Waals surface area contributed by atoms with Crippen LogP contribution in [-0.4, -0.2) is 29.1 Å². The van der Waals surface area contributed by atoms with Gasteiger partial charge in [0, 0.05) is 13.2 Å². The van der Waals surface area contributed by atoms with Crippen molar-refractivity contribution in [3.8, 4) is 5.75 Å². The number of hydrazine groups is 1. The fourth-order valence-corrected chi connectivity index (χ4v) is 2.14. The topological polar surface area (TPSA) is 74.3 Å². The van der Waals surface area contributed by atoms with Gasteiger partial charge in [-0.25, -0.2) is 5.43 Å². The van der Waals surface area contributed by atoms with Crippen LogP contribution in [0.25, 0.3) is 0 Å². The maximum Gasteiger partial charge on any atom is 0.161 e. The Morgan fingerprint density at radius 3 is 2.61 bits per heavy atom. The first-order valence-electron chi connectivity index (χ1n) is 6.21. The molecule has 0 radical (unpaired) electrons. The molecule has 0 amide bonds. The Kier molecular flexibility index (Phi) is 5.13. The van der Waals surface area contributed by atoms with Gasteiger partial charge in [-0.1, -0.05) is 0 Å². The number of hydrogen-bond acceptors (Lipinski definition) is 5. The van der Waals surface area contributed by atoms with E-state index in [0.717, 1.165) is 12.2 Å². The molecule has 18 heavy (non-hydrogen) atoms. The molecule has 0 aliphatic rings. The number of rotatable bonds is 7. The van der Waals surface area contributed by atoms with Crippen molar-refractivity contribution in [3.05, 3.63) is 11.9 Å². The van der Waals surface area contributed by atoms with E-state index in [1.807, 2.05) is 32.4 Å². The van der Waals surface area contributed by atoms with Crippen molar-refractivity contribution in [1.82, 2.24) is 15.2 Å². The number of methoxy groups -OCH3 is 1. The van der Waals surface area contributed by atoms with Crippen molar-refractivity contribution in [1.29, 1.82) is 0 Å². The summed E-state index contributed by atoms with van der Waals surface area (Å²) in [5.41, 5.74) is 3.26. The van der Waals surface area contributed by atoms with Gasteiger partial charge in [0.15, 0.2) is 5.75 Å². The molecule has 1 unspecified atom stereocenters. The van der Waals surface area contributed by atoms with E-state index < -0.39 is 5.60 Å². The molecule has 0 aliphatic heterocycles. The van der Waals surface area contributed by atoms with Crippen molar-refractivity contribution in [2.75, 3.05) is 13.7 Å². The first-order valence-corrected chi connectivity index (χ1v) is 6.21. The van der Waals surface area contributed by atoms with Crippen molar-refractivity contribution in [2.24, 2.45) is 5.84 Å². The van der Waals surface area contributed by atoms with Crippen LogP contribution in [0, 0.1) is 0 Å². The fourth-order valence-electron chi connectivity index (χ4n) is 2.14. The second-order valence-corrected chi connectivity index (χ2v) is 4.55. The zero-order valence-corrected chi connectivity index (χ0v) is 11.9. The first kappa shape index (κ1) is 14.9. The Bertz CT molecular complexity index is 355. The average molecular weight is 256 g/mol. The van der Waals surface area contributed by atoms with E-state index >= 15 is 0 Å². The predicted molar refractivity (Wildman–Crippen MR) is 70.2 cm³/mol. The molecule has 3 N–H and O–H groups in total. The van der Waals surface area contributed by atoms with Crippen LogP contribution in [0.4, 0.5) is 0 Å². The third-order valence-corrected chi connectivity index (χ3v) is 3.02. The quantitative estimate of drug-likeness (QED) is 0.567. The third-order valence-electron chi connectivity index (χ3n) is 3.02. The minimum Gasteiger partial charge on any atom is -0.493 e. The van der Waals surface area contributed by atoms with Gasteiger partial charge in [-0.05, 0) is 27.7 Å². The molecule has 0 saturated heterocycles. The Balaban J connectivity index is 3.18. The van der Waals surface area contributed by atoms with Crippen molar-refractivity contribution in [3.63, 3.8) is 0 Å². The van der Waals surface area contributed by atoms with Crippen LogP contribution in [0.3, 0.4) is 0 Å². The van der Waals surface area contributed by atoms with Gasteiger partial charge in [-0.2, -0.15) is 5.10 Å². The van der Waals surface area contributed by atoms with Crippen LogP contribution >= 0.6 is 0 Å². The summed E-state index contributed by atoms with van der Waals surface area (Å²) in [6, 6.07) is -0.199. The zero-order valence-electron chi connectivity index (χ0n) is 11.9. The molecule has 0 aliphatic carbocycles. The molecule has 0 saturated carbocycles. The SMILES string of the molecule is CCOC(C)(C)C(NN)c1c(OC)cnn1CC. The Morgan fingerprint density at radius 2 is 2.17 bits per heavy atom. The highest BCUT2D eigenvalue weighted by Crippen LogP contribution is 2.33. The van der Waals surface area contributed by atoms with Crippen LogP contribution in [0.2, 0.25) is 0 Å². The molecule has 1 aromatic heterocycles. The first-order chi connectivity index (χ1) is 8.51. The second kappa shape index (κ2) is 6.17. The summed E-state index contributed by atoms with van der Waals surface area (Å²) < 4.78 is 13.0. The molecule has 1 rings (SSSR count). The van der Waals surface area contributed by atoms with Crippen molar-refractivity contribution < 1.29 is 9.47 Å². The van der Waals surface area contributed by atoms with E-state index in [2.05, 4.69) is 10.5 Å².